The third-order valence-electron chi connectivity index (χ3n) is 3.73. The molecule has 0 fully saturated rings. The molecule has 5 heteroatoms. The normalized spacial score (nSPS) is 10.5. The van der Waals surface area contributed by atoms with Crippen LogP contribution in [-0.2, 0) is 0 Å². The molecule has 3 rings (SSSR count). The van der Waals surface area contributed by atoms with Crippen LogP contribution in [0.4, 0.5) is 5.69 Å². The molecule has 122 valence electrons. The lowest BCUT2D eigenvalue weighted by molar-refractivity contribution is 0.102. The number of nitrogens with one attached hydrogen (secondary N) is 1. The smallest absolute Gasteiger partial charge is 0.255 e. The van der Waals surface area contributed by atoms with Gasteiger partial charge in [-0.1, -0.05) is 18.2 Å². The number of carbonyl (C=O) groups excluding carboxylic acids is 1. The van der Waals surface area contributed by atoms with Crippen molar-refractivity contribution in [3.63, 3.8) is 0 Å². The van der Waals surface area contributed by atoms with Gasteiger partial charge < -0.3 is 14.8 Å². The Labute approximate surface area is 140 Å². The van der Waals surface area contributed by atoms with Crippen LogP contribution in [0.2, 0.25) is 0 Å². The van der Waals surface area contributed by atoms with E-state index in [0.717, 1.165) is 16.6 Å². The van der Waals surface area contributed by atoms with E-state index in [1.807, 2.05) is 31.2 Å². The Balaban J connectivity index is 2.02. The fourth-order valence-corrected chi connectivity index (χ4v) is 2.58. The molecule has 3 aromatic rings. The average Bonchev–Trinajstić information content (AvgIpc) is 2.61. The lowest BCUT2D eigenvalue weighted by atomic mass is 10.1. The maximum Gasteiger partial charge on any atom is 0.255 e. The van der Waals surface area contributed by atoms with E-state index < -0.39 is 0 Å². The molecule has 0 saturated carbocycles. The third-order valence-corrected chi connectivity index (χ3v) is 3.73. The minimum absolute atomic E-state index is 0.205. The van der Waals surface area contributed by atoms with Gasteiger partial charge in [0.15, 0.2) is 0 Å². The van der Waals surface area contributed by atoms with Crippen molar-refractivity contribution in [1.29, 1.82) is 0 Å². The SMILES string of the molecule is COc1cccc(C(=O)Nc2cc(C)nc3c(OC)cccc23)c1. The zero-order chi connectivity index (χ0) is 17.1. The van der Waals surface area contributed by atoms with Gasteiger partial charge >= 0.3 is 0 Å². The van der Waals surface area contributed by atoms with Crippen LogP contribution in [0.1, 0.15) is 16.1 Å². The number of nitrogens with zero attached hydrogens (tertiary/aromatic N) is 1. The molecule has 1 N–H and O–H groups in total. The van der Waals surface area contributed by atoms with E-state index in [4.69, 9.17) is 9.47 Å². The summed E-state index contributed by atoms with van der Waals surface area (Å²) < 4.78 is 10.5. The Morgan fingerprint density at radius 1 is 1.04 bits per heavy atom. The zero-order valence-electron chi connectivity index (χ0n) is 13.8. The number of aryl methyl sites for hydroxylation is 1. The molecule has 1 heterocycles. The van der Waals surface area contributed by atoms with Gasteiger partial charge in [0.1, 0.15) is 17.0 Å². The van der Waals surface area contributed by atoms with Gasteiger partial charge in [-0.3, -0.25) is 4.79 Å². The van der Waals surface area contributed by atoms with E-state index in [-0.39, 0.29) is 5.91 Å². The standard InChI is InChI=1S/C19H18N2O3/c1-12-10-16(15-8-5-9-17(24-3)18(15)20-12)21-19(22)13-6-4-7-14(11-13)23-2/h4-11H,1-3H3,(H,20,21,22). The number of carbonyl (C=O) groups is 1. The van der Waals surface area contributed by atoms with Crippen molar-refractivity contribution >= 4 is 22.5 Å². The van der Waals surface area contributed by atoms with E-state index in [0.29, 0.717) is 22.7 Å². The van der Waals surface area contributed by atoms with Gasteiger partial charge in [0.05, 0.1) is 19.9 Å². The number of hydrogen-bond donors (Lipinski definition) is 1. The van der Waals surface area contributed by atoms with Crippen LogP contribution in [0, 0.1) is 6.92 Å². The summed E-state index contributed by atoms with van der Waals surface area (Å²) in [5.41, 5.74) is 2.75. The second-order valence-corrected chi connectivity index (χ2v) is 5.35. The second kappa shape index (κ2) is 6.58. The average molecular weight is 322 g/mol. The molecule has 0 unspecified atom stereocenters. The Bertz CT molecular complexity index is 906. The summed E-state index contributed by atoms with van der Waals surface area (Å²) in [5.74, 6) is 1.11. The molecule has 24 heavy (non-hydrogen) atoms. The largest absolute Gasteiger partial charge is 0.497 e. The Morgan fingerprint density at radius 3 is 2.58 bits per heavy atom. The number of pyridine rings is 1. The van der Waals surface area contributed by atoms with E-state index >= 15 is 0 Å². The minimum Gasteiger partial charge on any atom is -0.497 e. The van der Waals surface area contributed by atoms with Crippen molar-refractivity contribution in [3.05, 3.63) is 59.8 Å². The quantitative estimate of drug-likeness (QED) is 0.793. The molecule has 2 aromatic carbocycles. The molecule has 0 saturated heterocycles. The first-order chi connectivity index (χ1) is 11.6. The van der Waals surface area contributed by atoms with E-state index in [1.165, 1.54) is 0 Å². The summed E-state index contributed by atoms with van der Waals surface area (Å²) in [5, 5.41) is 3.78. The van der Waals surface area contributed by atoms with Gasteiger partial charge in [0, 0.05) is 16.6 Å². The Kier molecular flexibility index (Phi) is 4.33. The lowest BCUT2D eigenvalue weighted by Crippen LogP contribution is -2.12. The highest BCUT2D eigenvalue weighted by molar-refractivity contribution is 6.09. The molecule has 0 radical (unpaired) electrons. The molecular formula is C19H18N2O3. The summed E-state index contributed by atoms with van der Waals surface area (Å²) >= 11 is 0. The van der Waals surface area contributed by atoms with Crippen molar-refractivity contribution in [2.45, 2.75) is 6.92 Å². The summed E-state index contributed by atoms with van der Waals surface area (Å²) in [6.07, 6.45) is 0. The number of benzene rings is 2. The van der Waals surface area contributed by atoms with Crippen molar-refractivity contribution in [2.75, 3.05) is 19.5 Å². The van der Waals surface area contributed by atoms with Crippen LogP contribution in [-0.4, -0.2) is 25.1 Å². The number of aromatic nitrogens is 1. The van der Waals surface area contributed by atoms with Crippen molar-refractivity contribution in [1.82, 2.24) is 4.98 Å². The van der Waals surface area contributed by atoms with Crippen LogP contribution in [0.25, 0.3) is 10.9 Å². The van der Waals surface area contributed by atoms with Crippen LogP contribution in [0.3, 0.4) is 0 Å². The van der Waals surface area contributed by atoms with Crippen molar-refractivity contribution in [3.8, 4) is 11.5 Å². The molecule has 0 aliphatic carbocycles. The number of rotatable bonds is 4. The van der Waals surface area contributed by atoms with Crippen molar-refractivity contribution < 1.29 is 14.3 Å². The number of methoxy groups -OCH3 is 2. The van der Waals surface area contributed by atoms with Gasteiger partial charge in [-0.15, -0.1) is 0 Å². The molecular weight excluding hydrogens is 304 g/mol. The van der Waals surface area contributed by atoms with E-state index in [2.05, 4.69) is 10.3 Å². The molecule has 1 aromatic heterocycles. The molecule has 0 atom stereocenters. The summed E-state index contributed by atoms with van der Waals surface area (Å²) in [6, 6.07) is 14.5. The second-order valence-electron chi connectivity index (χ2n) is 5.35. The number of anilines is 1. The maximum atomic E-state index is 12.6. The summed E-state index contributed by atoms with van der Waals surface area (Å²) in [4.78, 5) is 17.1. The predicted octanol–water partition coefficient (Wildman–Crippen LogP) is 3.81. The first-order valence-corrected chi connectivity index (χ1v) is 7.52. The fourth-order valence-electron chi connectivity index (χ4n) is 2.58. The van der Waals surface area contributed by atoms with Crippen LogP contribution < -0.4 is 14.8 Å². The monoisotopic (exact) mass is 322 g/mol. The predicted molar refractivity (Wildman–Crippen MR) is 94.0 cm³/mol. The van der Waals surface area contributed by atoms with Gasteiger partial charge in [-0.25, -0.2) is 4.98 Å². The van der Waals surface area contributed by atoms with Gasteiger partial charge in [-0.05, 0) is 37.3 Å². The molecule has 0 aliphatic heterocycles. The van der Waals surface area contributed by atoms with Crippen molar-refractivity contribution in [2.24, 2.45) is 0 Å². The highest BCUT2D eigenvalue weighted by atomic mass is 16.5. The number of hydrogen-bond acceptors (Lipinski definition) is 4. The minimum atomic E-state index is -0.205. The Hall–Kier alpha value is -3.08. The summed E-state index contributed by atoms with van der Waals surface area (Å²) in [6.45, 7) is 1.88. The van der Waals surface area contributed by atoms with Gasteiger partial charge in [0.2, 0.25) is 0 Å². The zero-order valence-corrected chi connectivity index (χ0v) is 13.8. The van der Waals surface area contributed by atoms with E-state index in [9.17, 15) is 4.79 Å². The van der Waals surface area contributed by atoms with Gasteiger partial charge in [-0.2, -0.15) is 0 Å². The number of para-hydroxylation sites is 1. The lowest BCUT2D eigenvalue weighted by Gasteiger charge is -2.12. The summed E-state index contributed by atoms with van der Waals surface area (Å²) in [7, 11) is 3.18. The number of fused-ring (bicyclic) bond motifs is 1. The Morgan fingerprint density at radius 2 is 1.83 bits per heavy atom. The van der Waals surface area contributed by atoms with Gasteiger partial charge in [0.25, 0.3) is 5.91 Å². The number of amides is 1. The van der Waals surface area contributed by atoms with Crippen LogP contribution in [0.15, 0.2) is 48.5 Å². The van der Waals surface area contributed by atoms with Crippen LogP contribution in [0.5, 0.6) is 11.5 Å². The van der Waals surface area contributed by atoms with Crippen LogP contribution >= 0.6 is 0 Å². The first kappa shape index (κ1) is 15.8. The number of ether oxygens (including phenoxy) is 2. The fraction of sp³-hybridized carbons (Fsp3) is 0.158. The molecule has 0 bridgehead atoms. The van der Waals surface area contributed by atoms with E-state index in [1.54, 1.807) is 38.5 Å². The topological polar surface area (TPSA) is 60.5 Å². The first-order valence-electron chi connectivity index (χ1n) is 7.52. The molecule has 0 aliphatic rings. The molecule has 5 nitrogen and oxygen atoms in total. The molecule has 1 amide bonds. The highest BCUT2D eigenvalue weighted by Gasteiger charge is 2.12. The maximum absolute atomic E-state index is 12.6. The third kappa shape index (κ3) is 3.01. The molecule has 0 spiro atoms. The highest BCUT2D eigenvalue weighted by Crippen LogP contribution is 2.30.